The number of nitrogens with one attached hydrogen (secondary N) is 2. The molecule has 1 unspecified atom stereocenters. The molecule has 0 aromatic carbocycles. The van der Waals surface area contributed by atoms with E-state index >= 15 is 0 Å². The van der Waals surface area contributed by atoms with Gasteiger partial charge in [0, 0.05) is 13.1 Å². The molecule has 2 aliphatic heterocycles. The van der Waals surface area contributed by atoms with E-state index in [2.05, 4.69) is 10.6 Å². The van der Waals surface area contributed by atoms with Gasteiger partial charge in [0.25, 0.3) is 0 Å². The second-order valence-corrected chi connectivity index (χ2v) is 5.75. The van der Waals surface area contributed by atoms with Gasteiger partial charge in [-0.25, -0.2) is 0 Å². The van der Waals surface area contributed by atoms with Crippen molar-refractivity contribution in [2.24, 2.45) is 5.92 Å². The van der Waals surface area contributed by atoms with Crippen molar-refractivity contribution >= 4 is 30.7 Å². The van der Waals surface area contributed by atoms with Gasteiger partial charge in [-0.2, -0.15) is 13.2 Å². The molecule has 0 aromatic rings. The first-order valence-electron chi connectivity index (χ1n) is 7.24. The Morgan fingerprint density at radius 2 is 1.95 bits per heavy atom. The van der Waals surface area contributed by atoms with Crippen molar-refractivity contribution in [1.29, 1.82) is 0 Å². The number of rotatable bonds is 4. The van der Waals surface area contributed by atoms with Gasteiger partial charge < -0.3 is 10.6 Å². The van der Waals surface area contributed by atoms with E-state index in [1.807, 2.05) is 0 Å². The molecule has 0 saturated carbocycles. The number of likely N-dealkylation sites (tertiary alicyclic amines) is 1. The van der Waals surface area contributed by atoms with Crippen LogP contribution in [0.15, 0.2) is 0 Å². The summed E-state index contributed by atoms with van der Waals surface area (Å²) in [5.41, 5.74) is 0. The van der Waals surface area contributed by atoms with Gasteiger partial charge in [-0.3, -0.25) is 9.69 Å². The Balaban J connectivity index is 0.00000220. The van der Waals surface area contributed by atoms with Crippen LogP contribution in [-0.2, 0) is 4.79 Å². The molecule has 2 aliphatic rings. The molecule has 2 saturated heterocycles. The lowest BCUT2D eigenvalue weighted by Gasteiger charge is -2.23. The largest absolute Gasteiger partial charge is 0.401 e. The molecule has 2 rings (SSSR count). The van der Waals surface area contributed by atoms with Gasteiger partial charge in [0.15, 0.2) is 0 Å². The Hall–Kier alpha value is -0.240. The molecule has 9 heteroatoms. The third-order valence-corrected chi connectivity index (χ3v) is 3.96. The normalized spacial score (nSPS) is 26.0. The van der Waals surface area contributed by atoms with E-state index in [-0.39, 0.29) is 42.7 Å². The lowest BCUT2D eigenvalue weighted by Crippen LogP contribution is -2.47. The number of piperidine rings is 1. The summed E-state index contributed by atoms with van der Waals surface area (Å²) in [7, 11) is 0. The predicted octanol–water partition coefficient (Wildman–Crippen LogP) is 1.97. The average molecular weight is 366 g/mol. The zero-order valence-electron chi connectivity index (χ0n) is 12.3. The van der Waals surface area contributed by atoms with Crippen molar-refractivity contribution in [2.45, 2.75) is 37.9 Å². The summed E-state index contributed by atoms with van der Waals surface area (Å²) in [6.07, 6.45) is -0.429. The fourth-order valence-corrected chi connectivity index (χ4v) is 2.92. The van der Waals surface area contributed by atoms with Crippen LogP contribution < -0.4 is 10.6 Å². The maximum absolute atomic E-state index is 12.3. The molecule has 0 radical (unpaired) electrons. The summed E-state index contributed by atoms with van der Waals surface area (Å²) in [6, 6.07) is -0.128. The van der Waals surface area contributed by atoms with Gasteiger partial charge >= 0.3 is 6.18 Å². The molecule has 22 heavy (non-hydrogen) atoms. The number of alkyl halides is 3. The summed E-state index contributed by atoms with van der Waals surface area (Å²) >= 11 is 0. The molecular weight excluding hydrogens is 342 g/mol. The van der Waals surface area contributed by atoms with Crippen LogP contribution in [0.2, 0.25) is 0 Å². The number of nitrogens with zero attached hydrogens (tertiary/aromatic N) is 1. The monoisotopic (exact) mass is 365 g/mol. The second kappa shape index (κ2) is 9.80. The van der Waals surface area contributed by atoms with Gasteiger partial charge in [0.2, 0.25) is 5.91 Å². The zero-order chi connectivity index (χ0) is 14.6. The van der Waals surface area contributed by atoms with Gasteiger partial charge in [-0.1, -0.05) is 6.42 Å². The molecule has 1 amide bonds. The van der Waals surface area contributed by atoms with Crippen LogP contribution in [0.3, 0.4) is 0 Å². The smallest absolute Gasteiger partial charge is 0.354 e. The molecule has 2 heterocycles. The van der Waals surface area contributed by atoms with Crippen LogP contribution >= 0.6 is 24.8 Å². The Bertz CT molecular complexity index is 339. The maximum atomic E-state index is 12.3. The summed E-state index contributed by atoms with van der Waals surface area (Å²) < 4.78 is 36.8. The highest BCUT2D eigenvalue weighted by atomic mass is 35.5. The van der Waals surface area contributed by atoms with E-state index in [1.165, 1.54) is 4.90 Å². The number of carbonyl (C=O) groups is 1. The summed E-state index contributed by atoms with van der Waals surface area (Å²) in [6.45, 7) is 1.37. The minimum absolute atomic E-state index is 0. The fraction of sp³-hybridized carbons (Fsp3) is 0.923. The Labute approximate surface area is 141 Å². The van der Waals surface area contributed by atoms with Crippen LogP contribution in [0.5, 0.6) is 0 Å². The van der Waals surface area contributed by atoms with E-state index in [0.29, 0.717) is 26.1 Å². The van der Waals surface area contributed by atoms with Crippen molar-refractivity contribution < 1.29 is 18.0 Å². The number of amides is 1. The van der Waals surface area contributed by atoms with Gasteiger partial charge in [0.1, 0.15) is 0 Å². The molecule has 2 fully saturated rings. The van der Waals surface area contributed by atoms with Crippen molar-refractivity contribution in [3.8, 4) is 0 Å². The number of halogens is 5. The van der Waals surface area contributed by atoms with Crippen LogP contribution in [0.1, 0.15) is 25.7 Å². The lowest BCUT2D eigenvalue weighted by atomic mass is 10.0. The van der Waals surface area contributed by atoms with Gasteiger partial charge in [-0.15, -0.1) is 24.8 Å². The molecule has 132 valence electrons. The molecule has 2 N–H and O–H groups in total. The molecule has 0 aliphatic carbocycles. The molecule has 0 aromatic heterocycles. The quantitative estimate of drug-likeness (QED) is 0.800. The molecule has 0 spiro atoms. The van der Waals surface area contributed by atoms with E-state index < -0.39 is 12.7 Å². The first kappa shape index (κ1) is 21.8. The Morgan fingerprint density at radius 3 is 2.55 bits per heavy atom. The van der Waals surface area contributed by atoms with Crippen molar-refractivity contribution in [3.63, 3.8) is 0 Å². The van der Waals surface area contributed by atoms with Crippen LogP contribution in [-0.4, -0.2) is 55.7 Å². The summed E-state index contributed by atoms with van der Waals surface area (Å²) in [5.74, 6) is 0.115. The fourth-order valence-electron chi connectivity index (χ4n) is 2.92. The average Bonchev–Trinajstić information content (AvgIpc) is 2.82. The van der Waals surface area contributed by atoms with E-state index in [4.69, 9.17) is 0 Å². The van der Waals surface area contributed by atoms with Crippen molar-refractivity contribution in [1.82, 2.24) is 15.5 Å². The first-order chi connectivity index (χ1) is 9.44. The highest BCUT2D eigenvalue weighted by Gasteiger charge is 2.34. The predicted molar refractivity (Wildman–Crippen MR) is 83.7 cm³/mol. The third kappa shape index (κ3) is 7.35. The number of hydrogen-bond acceptors (Lipinski definition) is 3. The van der Waals surface area contributed by atoms with E-state index in [9.17, 15) is 18.0 Å². The van der Waals surface area contributed by atoms with Gasteiger partial charge in [-0.05, 0) is 38.3 Å². The third-order valence-electron chi connectivity index (χ3n) is 3.96. The van der Waals surface area contributed by atoms with Crippen LogP contribution in [0, 0.1) is 5.92 Å². The number of hydrogen-bond donors (Lipinski definition) is 2. The van der Waals surface area contributed by atoms with Gasteiger partial charge in [0.05, 0.1) is 12.6 Å². The van der Waals surface area contributed by atoms with Crippen LogP contribution in [0.25, 0.3) is 0 Å². The molecular formula is C13H24Cl2F3N3O. The highest BCUT2D eigenvalue weighted by molar-refractivity contribution is 5.85. The lowest BCUT2D eigenvalue weighted by molar-refractivity contribution is -0.143. The molecule has 4 nitrogen and oxygen atoms in total. The number of carbonyl (C=O) groups excluding carboxylic acids is 1. The zero-order valence-corrected chi connectivity index (χ0v) is 14.0. The van der Waals surface area contributed by atoms with Crippen molar-refractivity contribution in [3.05, 3.63) is 0 Å². The van der Waals surface area contributed by atoms with E-state index in [0.717, 1.165) is 25.8 Å². The second-order valence-electron chi connectivity index (χ2n) is 5.75. The Kier molecular flexibility index (Phi) is 9.69. The van der Waals surface area contributed by atoms with Crippen LogP contribution in [0.4, 0.5) is 13.2 Å². The SMILES string of the molecule is Cl.Cl.O=C(NCC1CCN(CC(F)(F)F)C1)[C@@H]1CCCCN1. The topological polar surface area (TPSA) is 44.4 Å². The standard InChI is InChI=1S/C13H22F3N3O.2ClH/c14-13(15,16)9-19-6-4-10(8-19)7-18-12(20)11-3-1-2-5-17-11;;/h10-11,17H,1-9H2,(H,18,20);2*1H/t10?,11-;;/m0../s1. The molecule has 0 bridgehead atoms. The highest BCUT2D eigenvalue weighted by Crippen LogP contribution is 2.22. The first-order valence-corrected chi connectivity index (χ1v) is 7.24. The summed E-state index contributed by atoms with van der Waals surface area (Å²) in [5, 5.41) is 6.03. The minimum atomic E-state index is -4.13. The minimum Gasteiger partial charge on any atom is -0.354 e. The summed E-state index contributed by atoms with van der Waals surface area (Å²) in [4.78, 5) is 13.3. The maximum Gasteiger partial charge on any atom is 0.401 e. The van der Waals surface area contributed by atoms with Crippen molar-refractivity contribution in [2.75, 3.05) is 32.7 Å². The Morgan fingerprint density at radius 1 is 1.23 bits per heavy atom. The molecule has 2 atom stereocenters. The van der Waals surface area contributed by atoms with E-state index in [1.54, 1.807) is 0 Å².